The van der Waals surface area contributed by atoms with Crippen LogP contribution in [0.25, 0.3) is 11.4 Å². The summed E-state index contributed by atoms with van der Waals surface area (Å²) in [5.74, 6) is 1.66. The van der Waals surface area contributed by atoms with Crippen molar-refractivity contribution in [3.8, 4) is 17.1 Å². The Kier molecular flexibility index (Phi) is 5.63. The SMILES string of the molecule is COc1ccc(CCC(=O)NCc2nc(-c3cccc(C)c3)no2)cc1. The molecule has 3 rings (SSSR count). The van der Waals surface area contributed by atoms with Crippen LogP contribution in [0, 0.1) is 6.92 Å². The van der Waals surface area contributed by atoms with Gasteiger partial charge in [0.05, 0.1) is 13.7 Å². The van der Waals surface area contributed by atoms with Crippen molar-refractivity contribution in [2.24, 2.45) is 0 Å². The number of carbonyl (C=O) groups is 1. The number of ether oxygens (including phenoxy) is 1. The second-order valence-corrected chi connectivity index (χ2v) is 6.01. The third-order valence-corrected chi connectivity index (χ3v) is 3.98. The highest BCUT2D eigenvalue weighted by molar-refractivity contribution is 5.76. The molecule has 1 aromatic heterocycles. The van der Waals surface area contributed by atoms with E-state index in [1.165, 1.54) is 0 Å². The average molecular weight is 351 g/mol. The first kappa shape index (κ1) is 17.7. The highest BCUT2D eigenvalue weighted by Gasteiger charge is 2.10. The lowest BCUT2D eigenvalue weighted by molar-refractivity contribution is -0.121. The van der Waals surface area contributed by atoms with E-state index in [-0.39, 0.29) is 12.5 Å². The van der Waals surface area contributed by atoms with Gasteiger partial charge in [-0.2, -0.15) is 4.98 Å². The van der Waals surface area contributed by atoms with E-state index in [1.807, 2.05) is 55.5 Å². The van der Waals surface area contributed by atoms with Crippen molar-refractivity contribution in [1.29, 1.82) is 0 Å². The lowest BCUT2D eigenvalue weighted by Crippen LogP contribution is -2.23. The molecule has 1 amide bonds. The molecule has 2 aromatic carbocycles. The molecular formula is C20H21N3O3. The van der Waals surface area contributed by atoms with Crippen LogP contribution >= 0.6 is 0 Å². The van der Waals surface area contributed by atoms with E-state index in [9.17, 15) is 4.79 Å². The number of rotatable bonds is 7. The van der Waals surface area contributed by atoms with Crippen molar-refractivity contribution >= 4 is 5.91 Å². The Hall–Kier alpha value is -3.15. The van der Waals surface area contributed by atoms with Gasteiger partial charge in [-0.3, -0.25) is 4.79 Å². The highest BCUT2D eigenvalue weighted by Crippen LogP contribution is 2.17. The van der Waals surface area contributed by atoms with Crippen LogP contribution in [0.3, 0.4) is 0 Å². The fraction of sp³-hybridized carbons (Fsp3) is 0.250. The third kappa shape index (κ3) is 4.69. The summed E-state index contributed by atoms with van der Waals surface area (Å²) in [6, 6.07) is 15.6. The van der Waals surface area contributed by atoms with Gasteiger partial charge in [-0.1, -0.05) is 41.1 Å². The summed E-state index contributed by atoms with van der Waals surface area (Å²) in [5, 5.41) is 6.77. The fourth-order valence-electron chi connectivity index (χ4n) is 2.54. The minimum absolute atomic E-state index is 0.0591. The van der Waals surface area contributed by atoms with Crippen molar-refractivity contribution in [2.45, 2.75) is 26.3 Å². The first-order chi connectivity index (χ1) is 12.6. The van der Waals surface area contributed by atoms with E-state index in [2.05, 4.69) is 15.5 Å². The molecule has 6 nitrogen and oxygen atoms in total. The Labute approximate surface area is 152 Å². The first-order valence-electron chi connectivity index (χ1n) is 8.43. The second kappa shape index (κ2) is 8.29. The average Bonchev–Trinajstić information content (AvgIpc) is 3.14. The van der Waals surface area contributed by atoms with Crippen molar-refractivity contribution in [1.82, 2.24) is 15.5 Å². The van der Waals surface area contributed by atoms with Crippen LogP contribution in [0.2, 0.25) is 0 Å². The van der Waals surface area contributed by atoms with Gasteiger partial charge in [0.1, 0.15) is 5.75 Å². The van der Waals surface area contributed by atoms with Crippen LogP contribution < -0.4 is 10.1 Å². The number of methoxy groups -OCH3 is 1. The first-order valence-corrected chi connectivity index (χ1v) is 8.43. The van der Waals surface area contributed by atoms with Crippen molar-refractivity contribution < 1.29 is 14.1 Å². The molecule has 0 radical (unpaired) electrons. The van der Waals surface area contributed by atoms with Gasteiger partial charge >= 0.3 is 0 Å². The molecule has 0 atom stereocenters. The second-order valence-electron chi connectivity index (χ2n) is 6.01. The third-order valence-electron chi connectivity index (χ3n) is 3.98. The van der Waals surface area contributed by atoms with Gasteiger partial charge in [0, 0.05) is 12.0 Å². The van der Waals surface area contributed by atoms with Crippen LogP contribution in [-0.4, -0.2) is 23.2 Å². The molecule has 3 aromatic rings. The Morgan fingerprint density at radius 3 is 2.73 bits per heavy atom. The number of hydrogen-bond acceptors (Lipinski definition) is 5. The summed E-state index contributed by atoms with van der Waals surface area (Å²) in [7, 11) is 1.63. The maximum Gasteiger partial charge on any atom is 0.246 e. The smallest absolute Gasteiger partial charge is 0.246 e. The van der Waals surface area contributed by atoms with Gasteiger partial charge in [-0.25, -0.2) is 0 Å². The molecule has 1 heterocycles. The van der Waals surface area contributed by atoms with Gasteiger partial charge in [0.2, 0.25) is 17.6 Å². The molecule has 0 aliphatic carbocycles. The molecule has 0 spiro atoms. The lowest BCUT2D eigenvalue weighted by atomic mass is 10.1. The fourth-order valence-corrected chi connectivity index (χ4v) is 2.54. The summed E-state index contributed by atoms with van der Waals surface area (Å²) in [4.78, 5) is 16.3. The van der Waals surface area contributed by atoms with E-state index in [1.54, 1.807) is 7.11 Å². The van der Waals surface area contributed by atoms with Crippen LogP contribution in [-0.2, 0) is 17.8 Å². The topological polar surface area (TPSA) is 77.2 Å². The number of hydrogen-bond donors (Lipinski definition) is 1. The van der Waals surface area contributed by atoms with E-state index in [0.29, 0.717) is 24.6 Å². The monoisotopic (exact) mass is 351 g/mol. The normalized spacial score (nSPS) is 10.5. The van der Waals surface area contributed by atoms with Crippen molar-refractivity contribution in [3.05, 3.63) is 65.5 Å². The minimum Gasteiger partial charge on any atom is -0.497 e. The quantitative estimate of drug-likeness (QED) is 0.707. The zero-order valence-electron chi connectivity index (χ0n) is 14.9. The number of carbonyl (C=O) groups excluding carboxylic acids is 1. The van der Waals surface area contributed by atoms with Gasteiger partial charge in [0.15, 0.2) is 0 Å². The molecule has 0 unspecified atom stereocenters. The molecule has 0 fully saturated rings. The molecule has 134 valence electrons. The Bertz CT molecular complexity index is 872. The van der Waals surface area contributed by atoms with E-state index in [4.69, 9.17) is 9.26 Å². The molecule has 6 heteroatoms. The number of amides is 1. The van der Waals surface area contributed by atoms with E-state index >= 15 is 0 Å². The Balaban J connectivity index is 1.48. The number of benzene rings is 2. The van der Waals surface area contributed by atoms with E-state index in [0.717, 1.165) is 22.4 Å². The standard InChI is InChI=1S/C20H21N3O3/c1-14-4-3-5-16(12-14)20-22-19(26-23-20)13-21-18(24)11-8-15-6-9-17(25-2)10-7-15/h3-7,9-10,12H,8,11,13H2,1-2H3,(H,21,24). The Morgan fingerprint density at radius 2 is 2.00 bits per heavy atom. The van der Waals surface area contributed by atoms with Crippen LogP contribution in [0.1, 0.15) is 23.4 Å². The molecule has 0 aliphatic rings. The minimum atomic E-state index is -0.0591. The van der Waals surface area contributed by atoms with Gasteiger partial charge in [-0.05, 0) is 37.1 Å². The molecule has 0 saturated heterocycles. The van der Waals surface area contributed by atoms with Gasteiger partial charge in [0.25, 0.3) is 0 Å². The van der Waals surface area contributed by atoms with Crippen molar-refractivity contribution in [3.63, 3.8) is 0 Å². The van der Waals surface area contributed by atoms with Crippen molar-refractivity contribution in [2.75, 3.05) is 7.11 Å². The van der Waals surface area contributed by atoms with Crippen LogP contribution in [0.15, 0.2) is 53.1 Å². The predicted molar refractivity (Wildman–Crippen MR) is 97.6 cm³/mol. The number of aryl methyl sites for hydroxylation is 2. The predicted octanol–water partition coefficient (Wildman–Crippen LogP) is 3.30. The number of nitrogens with one attached hydrogen (secondary N) is 1. The molecule has 1 N–H and O–H groups in total. The zero-order chi connectivity index (χ0) is 18.4. The summed E-state index contributed by atoms with van der Waals surface area (Å²) >= 11 is 0. The maximum absolute atomic E-state index is 12.0. The van der Waals surface area contributed by atoms with E-state index < -0.39 is 0 Å². The zero-order valence-corrected chi connectivity index (χ0v) is 14.9. The summed E-state index contributed by atoms with van der Waals surface area (Å²) < 4.78 is 10.3. The molecule has 0 bridgehead atoms. The largest absolute Gasteiger partial charge is 0.497 e. The number of aromatic nitrogens is 2. The van der Waals surface area contributed by atoms with Gasteiger partial charge < -0.3 is 14.6 Å². The molecule has 0 aliphatic heterocycles. The summed E-state index contributed by atoms with van der Waals surface area (Å²) in [6.45, 7) is 2.23. The molecule has 26 heavy (non-hydrogen) atoms. The number of nitrogens with zero attached hydrogens (tertiary/aromatic N) is 2. The van der Waals surface area contributed by atoms with Crippen LogP contribution in [0.5, 0.6) is 5.75 Å². The van der Waals surface area contributed by atoms with Crippen LogP contribution in [0.4, 0.5) is 0 Å². The molecule has 0 saturated carbocycles. The maximum atomic E-state index is 12.0. The summed E-state index contributed by atoms with van der Waals surface area (Å²) in [6.07, 6.45) is 1.05. The van der Waals surface area contributed by atoms with Gasteiger partial charge in [-0.15, -0.1) is 0 Å². The lowest BCUT2D eigenvalue weighted by Gasteiger charge is -2.04. The Morgan fingerprint density at radius 1 is 1.19 bits per heavy atom. The highest BCUT2D eigenvalue weighted by atomic mass is 16.5. The summed E-state index contributed by atoms with van der Waals surface area (Å²) in [5.41, 5.74) is 3.10. The molecular weight excluding hydrogens is 330 g/mol.